The lowest BCUT2D eigenvalue weighted by molar-refractivity contribution is -0.122. The van der Waals surface area contributed by atoms with Crippen LogP contribution in [0.25, 0.3) is 6.08 Å². The van der Waals surface area contributed by atoms with E-state index in [2.05, 4.69) is 10.6 Å². The van der Waals surface area contributed by atoms with Crippen molar-refractivity contribution in [3.05, 3.63) is 85.0 Å². The molecule has 5 amide bonds. The van der Waals surface area contributed by atoms with Gasteiger partial charge in [0.25, 0.3) is 17.7 Å². The molecule has 4 rings (SSSR count). The van der Waals surface area contributed by atoms with Gasteiger partial charge in [-0.2, -0.15) is 0 Å². The summed E-state index contributed by atoms with van der Waals surface area (Å²) in [6.07, 6.45) is 1.37. The van der Waals surface area contributed by atoms with E-state index in [0.29, 0.717) is 37.9 Å². The van der Waals surface area contributed by atoms with E-state index in [1.165, 1.54) is 12.1 Å². The van der Waals surface area contributed by atoms with Gasteiger partial charge in [0.1, 0.15) is 5.57 Å². The van der Waals surface area contributed by atoms with Crippen molar-refractivity contribution in [2.45, 2.75) is 27.7 Å². The fraction of sp³-hybridized carbons (Fsp3) is 0.200. The van der Waals surface area contributed by atoms with Gasteiger partial charge in [-0.3, -0.25) is 19.7 Å². The average Bonchev–Trinajstić information content (AvgIpc) is 2.91. The highest BCUT2D eigenvalue weighted by Gasteiger charge is 2.37. The first-order chi connectivity index (χ1) is 19.5. The van der Waals surface area contributed by atoms with Gasteiger partial charge in [0.15, 0.2) is 18.1 Å². The van der Waals surface area contributed by atoms with Crippen LogP contribution >= 0.6 is 34.2 Å². The lowest BCUT2D eigenvalue weighted by Crippen LogP contribution is -2.54. The normalized spacial score (nSPS) is 14.2. The number of nitrogens with zero attached hydrogens (tertiary/aromatic N) is 1. The standard InChI is InChI=1S/C30H27ClIN3O6/c1-5-40-25-13-19(12-23(32)27(25)41-15-26(36)33-24-8-6-7-16(2)18(24)4)11-21-28(37)34-30(39)35(29(21)38)20-10-9-17(3)22(31)14-20/h6-14H,5,15H2,1-4H3,(H,33,36)(H,34,37,39)/b21-11+. The Morgan fingerprint density at radius 1 is 1.05 bits per heavy atom. The van der Waals surface area contributed by atoms with Gasteiger partial charge in [-0.1, -0.05) is 29.8 Å². The Bertz CT molecular complexity index is 1600. The predicted molar refractivity (Wildman–Crippen MR) is 166 cm³/mol. The Morgan fingerprint density at radius 3 is 2.51 bits per heavy atom. The number of halogens is 2. The molecule has 0 aromatic heterocycles. The zero-order valence-electron chi connectivity index (χ0n) is 22.8. The smallest absolute Gasteiger partial charge is 0.335 e. The molecule has 0 aliphatic carbocycles. The number of amides is 5. The van der Waals surface area contributed by atoms with E-state index in [-0.39, 0.29) is 23.8 Å². The van der Waals surface area contributed by atoms with E-state index >= 15 is 0 Å². The number of ether oxygens (including phenoxy) is 2. The minimum absolute atomic E-state index is 0.231. The van der Waals surface area contributed by atoms with E-state index in [1.54, 1.807) is 38.1 Å². The fourth-order valence-corrected chi connectivity index (χ4v) is 5.02. The third kappa shape index (κ3) is 6.71. The molecule has 2 N–H and O–H groups in total. The van der Waals surface area contributed by atoms with Gasteiger partial charge in [0.05, 0.1) is 15.9 Å². The topological polar surface area (TPSA) is 114 Å². The molecule has 0 saturated carbocycles. The van der Waals surface area contributed by atoms with Crippen LogP contribution in [0, 0.1) is 24.3 Å². The van der Waals surface area contributed by atoms with Crippen molar-refractivity contribution in [2.75, 3.05) is 23.4 Å². The summed E-state index contributed by atoms with van der Waals surface area (Å²) in [4.78, 5) is 52.0. The van der Waals surface area contributed by atoms with Crippen molar-refractivity contribution in [2.24, 2.45) is 0 Å². The molecule has 1 saturated heterocycles. The van der Waals surface area contributed by atoms with Crippen molar-refractivity contribution in [1.82, 2.24) is 5.32 Å². The highest BCUT2D eigenvalue weighted by Crippen LogP contribution is 2.35. The van der Waals surface area contributed by atoms with Gasteiger partial charge >= 0.3 is 6.03 Å². The van der Waals surface area contributed by atoms with Gasteiger partial charge < -0.3 is 14.8 Å². The maximum absolute atomic E-state index is 13.3. The number of carbonyl (C=O) groups is 4. The van der Waals surface area contributed by atoms with Gasteiger partial charge in [-0.15, -0.1) is 0 Å². The van der Waals surface area contributed by atoms with Gasteiger partial charge in [-0.05, 0) is 109 Å². The number of nitrogens with one attached hydrogen (secondary N) is 2. The predicted octanol–water partition coefficient (Wildman–Crippen LogP) is 5.95. The molecule has 0 radical (unpaired) electrons. The van der Waals surface area contributed by atoms with Crippen LogP contribution in [0.2, 0.25) is 5.02 Å². The summed E-state index contributed by atoms with van der Waals surface area (Å²) in [6.45, 7) is 7.52. The van der Waals surface area contributed by atoms with E-state index in [9.17, 15) is 19.2 Å². The van der Waals surface area contributed by atoms with Crippen LogP contribution in [0.5, 0.6) is 11.5 Å². The number of benzene rings is 3. The average molecular weight is 688 g/mol. The number of urea groups is 1. The summed E-state index contributed by atoms with van der Waals surface area (Å²) < 4.78 is 12.2. The highest BCUT2D eigenvalue weighted by atomic mass is 127. The first kappa shape index (κ1) is 30.1. The van der Waals surface area contributed by atoms with Crippen LogP contribution in [-0.2, 0) is 14.4 Å². The van der Waals surface area contributed by atoms with Crippen LogP contribution in [0.3, 0.4) is 0 Å². The molecule has 41 heavy (non-hydrogen) atoms. The second kappa shape index (κ2) is 12.7. The second-order valence-corrected chi connectivity index (χ2v) is 10.8. The van der Waals surface area contributed by atoms with Gasteiger partial charge in [-0.25, -0.2) is 9.69 Å². The molecule has 1 heterocycles. The zero-order valence-corrected chi connectivity index (χ0v) is 25.7. The Balaban J connectivity index is 1.59. The van der Waals surface area contributed by atoms with Crippen LogP contribution in [0.15, 0.2) is 54.1 Å². The number of anilines is 2. The maximum atomic E-state index is 13.3. The first-order valence-corrected chi connectivity index (χ1v) is 14.1. The highest BCUT2D eigenvalue weighted by molar-refractivity contribution is 14.1. The Kier molecular flexibility index (Phi) is 9.34. The summed E-state index contributed by atoms with van der Waals surface area (Å²) in [7, 11) is 0. The van der Waals surface area contributed by atoms with E-state index in [1.807, 2.05) is 54.6 Å². The van der Waals surface area contributed by atoms with Crippen molar-refractivity contribution in [3.8, 4) is 11.5 Å². The number of carbonyl (C=O) groups excluding carboxylic acids is 4. The molecule has 0 spiro atoms. The van der Waals surface area contributed by atoms with Crippen molar-refractivity contribution >= 4 is 75.4 Å². The molecule has 1 fully saturated rings. The van der Waals surface area contributed by atoms with Crippen molar-refractivity contribution in [1.29, 1.82) is 0 Å². The minimum Gasteiger partial charge on any atom is -0.490 e. The van der Waals surface area contributed by atoms with E-state index in [4.69, 9.17) is 21.1 Å². The molecule has 3 aromatic rings. The van der Waals surface area contributed by atoms with Crippen molar-refractivity contribution in [3.63, 3.8) is 0 Å². The molecule has 1 aliphatic rings. The van der Waals surface area contributed by atoms with Gasteiger partial charge in [0, 0.05) is 10.7 Å². The molecule has 0 unspecified atom stereocenters. The third-order valence-corrected chi connectivity index (χ3v) is 7.59. The lowest BCUT2D eigenvalue weighted by atomic mass is 10.1. The number of aryl methyl sites for hydroxylation is 2. The van der Waals surface area contributed by atoms with Crippen LogP contribution in [0.1, 0.15) is 29.2 Å². The summed E-state index contributed by atoms with van der Waals surface area (Å²) in [6, 6.07) is 12.8. The molecular formula is C30H27ClIN3O6. The Hall–Kier alpha value is -3.90. The Labute approximate surface area is 256 Å². The summed E-state index contributed by atoms with van der Waals surface area (Å²) in [5.74, 6) is -1.29. The summed E-state index contributed by atoms with van der Waals surface area (Å²) in [5, 5.41) is 5.43. The van der Waals surface area contributed by atoms with Crippen LogP contribution in [0.4, 0.5) is 16.2 Å². The molecule has 11 heteroatoms. The molecule has 0 bridgehead atoms. The number of rotatable bonds is 8. The van der Waals surface area contributed by atoms with E-state index in [0.717, 1.165) is 21.6 Å². The van der Waals surface area contributed by atoms with E-state index < -0.39 is 17.8 Å². The number of imide groups is 2. The maximum Gasteiger partial charge on any atom is 0.335 e. The fourth-order valence-electron chi connectivity index (χ4n) is 4.06. The van der Waals surface area contributed by atoms with Crippen LogP contribution < -0.4 is 25.0 Å². The zero-order chi connectivity index (χ0) is 29.8. The molecule has 212 valence electrons. The first-order valence-electron chi connectivity index (χ1n) is 12.6. The molecular weight excluding hydrogens is 661 g/mol. The largest absolute Gasteiger partial charge is 0.490 e. The summed E-state index contributed by atoms with van der Waals surface area (Å²) in [5.41, 5.74) is 3.94. The molecule has 3 aromatic carbocycles. The van der Waals surface area contributed by atoms with Crippen molar-refractivity contribution < 1.29 is 28.7 Å². The van der Waals surface area contributed by atoms with Crippen LogP contribution in [-0.4, -0.2) is 37.0 Å². The minimum atomic E-state index is -0.871. The SMILES string of the molecule is CCOc1cc(/C=C2\C(=O)NC(=O)N(c3ccc(C)c(Cl)c3)C2=O)cc(I)c1OCC(=O)Nc1cccc(C)c1C. The molecule has 9 nitrogen and oxygen atoms in total. The lowest BCUT2D eigenvalue weighted by Gasteiger charge is -2.26. The second-order valence-electron chi connectivity index (χ2n) is 9.24. The number of hydrogen-bond donors (Lipinski definition) is 2. The molecule has 0 atom stereocenters. The summed E-state index contributed by atoms with van der Waals surface area (Å²) >= 11 is 8.23. The number of hydrogen-bond acceptors (Lipinski definition) is 6. The number of barbiturate groups is 1. The monoisotopic (exact) mass is 687 g/mol. The quantitative estimate of drug-likeness (QED) is 0.172. The third-order valence-electron chi connectivity index (χ3n) is 6.38. The Morgan fingerprint density at radius 2 is 1.80 bits per heavy atom. The molecule has 1 aliphatic heterocycles. The van der Waals surface area contributed by atoms with Gasteiger partial charge in [0.2, 0.25) is 0 Å².